The van der Waals surface area contributed by atoms with Gasteiger partial charge in [0.05, 0.1) is 5.56 Å². The fourth-order valence-corrected chi connectivity index (χ4v) is 5.74. The summed E-state index contributed by atoms with van der Waals surface area (Å²) < 4.78 is 0. The molecule has 3 aliphatic heterocycles. The van der Waals surface area contributed by atoms with Crippen molar-refractivity contribution in [2.24, 2.45) is 17.8 Å². The first-order chi connectivity index (χ1) is 13.1. The van der Waals surface area contributed by atoms with Crippen LogP contribution in [-0.2, 0) is 17.6 Å². The Kier molecular flexibility index (Phi) is 3.82. The quantitative estimate of drug-likeness (QED) is 0.882. The van der Waals surface area contributed by atoms with E-state index in [1.165, 1.54) is 11.1 Å². The highest BCUT2D eigenvalue weighted by molar-refractivity contribution is 5.70. The van der Waals surface area contributed by atoms with Crippen LogP contribution in [0.4, 0.5) is 11.6 Å². The summed E-state index contributed by atoms with van der Waals surface area (Å²) in [4.78, 5) is 20.9. The molecular weight excluding hydrogens is 340 g/mol. The first-order valence-corrected chi connectivity index (χ1v) is 10.3. The summed E-state index contributed by atoms with van der Waals surface area (Å²) in [6, 6.07) is 2.90. The Morgan fingerprint density at radius 2 is 2.00 bits per heavy atom. The number of nitrogens with zero attached hydrogens (tertiary/aromatic N) is 4. The maximum absolute atomic E-state index is 11.1. The molecule has 4 fully saturated rings. The summed E-state index contributed by atoms with van der Waals surface area (Å²) >= 11 is 0. The molecule has 1 saturated carbocycles. The third-order valence-electron chi connectivity index (χ3n) is 7.36. The summed E-state index contributed by atoms with van der Waals surface area (Å²) in [5, 5.41) is 19.0. The number of hydrogen-bond acceptors (Lipinski definition) is 5. The molecule has 1 N–H and O–H groups in total. The van der Waals surface area contributed by atoms with Crippen LogP contribution in [-0.4, -0.2) is 41.7 Å². The fourth-order valence-electron chi connectivity index (χ4n) is 5.74. The van der Waals surface area contributed by atoms with Gasteiger partial charge in [-0.1, -0.05) is 0 Å². The second-order valence-electron chi connectivity index (χ2n) is 8.81. The van der Waals surface area contributed by atoms with E-state index < -0.39 is 5.97 Å². The summed E-state index contributed by atoms with van der Waals surface area (Å²) in [5.41, 5.74) is 3.29. The molecule has 2 bridgehead atoms. The van der Waals surface area contributed by atoms with Gasteiger partial charge in [0, 0.05) is 32.1 Å². The van der Waals surface area contributed by atoms with Crippen LogP contribution in [0, 0.1) is 29.1 Å². The summed E-state index contributed by atoms with van der Waals surface area (Å²) in [6.07, 6.45) is 5.70. The number of hydrogen-bond donors (Lipinski definition) is 1. The summed E-state index contributed by atoms with van der Waals surface area (Å²) in [7, 11) is 0. The van der Waals surface area contributed by atoms with Gasteiger partial charge in [-0.05, 0) is 67.9 Å². The second-order valence-corrected chi connectivity index (χ2v) is 8.81. The highest BCUT2D eigenvalue weighted by atomic mass is 16.4. The molecule has 0 radical (unpaired) electrons. The van der Waals surface area contributed by atoms with Crippen LogP contribution in [0.2, 0.25) is 0 Å². The third kappa shape index (κ3) is 2.51. The van der Waals surface area contributed by atoms with Gasteiger partial charge in [-0.2, -0.15) is 5.26 Å². The number of aromatic nitrogens is 1. The van der Waals surface area contributed by atoms with Gasteiger partial charge in [-0.15, -0.1) is 0 Å². The minimum atomic E-state index is -0.672. The standard InChI is InChI=1S/C21H26N4O2/c1-12-5-6-25(12)21-18(9-22)15-3-2-4-16(15)20(23-21)24-10-13-7-14(11-24)17(13)8-19(26)27/h12-14,17H,2-8,10-11H2,1H3,(H,26,27)/t12-,13-,14+,17+/m0/s1. The molecule has 1 aromatic heterocycles. The van der Waals surface area contributed by atoms with Crippen LogP contribution in [0.25, 0.3) is 0 Å². The number of carboxylic acids is 1. The molecule has 142 valence electrons. The van der Waals surface area contributed by atoms with E-state index in [9.17, 15) is 10.1 Å². The van der Waals surface area contributed by atoms with Crippen molar-refractivity contribution in [3.8, 4) is 6.07 Å². The van der Waals surface area contributed by atoms with Crippen LogP contribution < -0.4 is 9.80 Å². The number of carboxylic acid groups (broad SMARTS) is 1. The average molecular weight is 366 g/mol. The first kappa shape index (κ1) is 16.9. The van der Waals surface area contributed by atoms with Gasteiger partial charge in [0.15, 0.2) is 0 Å². The molecule has 5 aliphatic rings. The Balaban J connectivity index is 1.49. The maximum Gasteiger partial charge on any atom is 0.303 e. The van der Waals surface area contributed by atoms with Crippen LogP contribution in [0.3, 0.4) is 0 Å². The van der Waals surface area contributed by atoms with E-state index in [-0.39, 0.29) is 0 Å². The molecule has 4 heterocycles. The molecule has 1 aromatic rings. The Hall–Kier alpha value is -2.29. The molecule has 6 nitrogen and oxygen atoms in total. The van der Waals surface area contributed by atoms with Crippen molar-refractivity contribution >= 4 is 17.6 Å². The second kappa shape index (κ2) is 6.12. The van der Waals surface area contributed by atoms with E-state index in [1.807, 2.05) is 0 Å². The zero-order valence-corrected chi connectivity index (χ0v) is 15.8. The van der Waals surface area contributed by atoms with Crippen molar-refractivity contribution in [1.29, 1.82) is 5.26 Å². The largest absolute Gasteiger partial charge is 0.481 e. The lowest BCUT2D eigenvalue weighted by Crippen LogP contribution is -2.56. The molecule has 0 amide bonds. The lowest BCUT2D eigenvalue weighted by molar-refractivity contribution is -0.141. The normalized spacial score (nSPS) is 31.0. The molecular formula is C21H26N4O2. The van der Waals surface area contributed by atoms with Crippen molar-refractivity contribution < 1.29 is 9.90 Å². The minimum absolute atomic E-state index is 0.304. The summed E-state index contributed by atoms with van der Waals surface area (Å²) in [5.74, 6) is 2.57. The van der Waals surface area contributed by atoms with Crippen LogP contribution in [0.5, 0.6) is 0 Å². The van der Waals surface area contributed by atoms with Gasteiger partial charge < -0.3 is 14.9 Å². The Morgan fingerprint density at radius 1 is 1.26 bits per heavy atom. The smallest absolute Gasteiger partial charge is 0.303 e. The zero-order valence-electron chi connectivity index (χ0n) is 15.8. The number of piperidine rings is 2. The molecule has 0 spiro atoms. The highest BCUT2D eigenvalue weighted by Gasteiger charge is 2.48. The van der Waals surface area contributed by atoms with Gasteiger partial charge in [0.2, 0.25) is 0 Å². The van der Waals surface area contributed by atoms with Crippen molar-refractivity contribution in [1.82, 2.24) is 4.98 Å². The molecule has 6 rings (SSSR count). The molecule has 3 saturated heterocycles. The Bertz CT molecular complexity index is 834. The maximum atomic E-state index is 11.1. The van der Waals surface area contributed by atoms with E-state index in [0.717, 1.165) is 68.9 Å². The van der Waals surface area contributed by atoms with E-state index in [2.05, 4.69) is 22.8 Å². The van der Waals surface area contributed by atoms with Crippen molar-refractivity contribution in [2.75, 3.05) is 29.4 Å². The van der Waals surface area contributed by atoms with Crippen molar-refractivity contribution in [3.05, 3.63) is 16.7 Å². The van der Waals surface area contributed by atoms with Gasteiger partial charge >= 0.3 is 5.97 Å². The van der Waals surface area contributed by atoms with Crippen LogP contribution in [0.1, 0.15) is 49.3 Å². The van der Waals surface area contributed by atoms with E-state index in [4.69, 9.17) is 10.1 Å². The molecule has 6 heteroatoms. The Morgan fingerprint density at radius 3 is 2.59 bits per heavy atom. The zero-order chi connectivity index (χ0) is 18.7. The van der Waals surface area contributed by atoms with E-state index >= 15 is 0 Å². The van der Waals surface area contributed by atoms with Crippen LogP contribution in [0.15, 0.2) is 0 Å². The number of rotatable bonds is 4. The number of anilines is 2. The van der Waals surface area contributed by atoms with Crippen molar-refractivity contribution in [3.63, 3.8) is 0 Å². The van der Waals surface area contributed by atoms with Crippen LogP contribution >= 0.6 is 0 Å². The monoisotopic (exact) mass is 366 g/mol. The topological polar surface area (TPSA) is 80.5 Å². The lowest BCUT2D eigenvalue weighted by Gasteiger charge is -2.54. The molecule has 0 unspecified atom stereocenters. The first-order valence-electron chi connectivity index (χ1n) is 10.3. The highest BCUT2D eigenvalue weighted by Crippen LogP contribution is 2.49. The predicted octanol–water partition coefficient (Wildman–Crippen LogP) is 2.59. The SMILES string of the molecule is C[C@H]1CCN1c1nc(N2C[C@H]3C[C@@H](C2)[C@H]3CC(=O)O)c2c(c1C#N)CCC2. The van der Waals surface area contributed by atoms with E-state index in [1.54, 1.807) is 0 Å². The minimum Gasteiger partial charge on any atom is -0.481 e. The number of pyridine rings is 1. The number of carbonyl (C=O) groups is 1. The van der Waals surface area contributed by atoms with Gasteiger partial charge in [-0.3, -0.25) is 4.79 Å². The molecule has 2 aliphatic carbocycles. The molecule has 0 aromatic carbocycles. The molecule has 27 heavy (non-hydrogen) atoms. The third-order valence-corrected chi connectivity index (χ3v) is 7.36. The number of fused-ring (bicyclic) bond motifs is 3. The Labute approximate surface area is 159 Å². The van der Waals surface area contributed by atoms with Crippen molar-refractivity contribution in [2.45, 2.75) is 51.5 Å². The fraction of sp³-hybridized carbons (Fsp3) is 0.667. The van der Waals surface area contributed by atoms with Gasteiger partial charge in [-0.25, -0.2) is 4.98 Å². The summed E-state index contributed by atoms with van der Waals surface area (Å²) in [6.45, 7) is 5.00. The van der Waals surface area contributed by atoms with E-state index in [0.29, 0.717) is 30.2 Å². The predicted molar refractivity (Wildman–Crippen MR) is 102 cm³/mol. The average Bonchev–Trinajstić information content (AvgIpc) is 3.13. The lowest BCUT2D eigenvalue weighted by atomic mass is 9.60. The number of nitriles is 1. The van der Waals surface area contributed by atoms with Gasteiger partial charge in [0.1, 0.15) is 17.7 Å². The van der Waals surface area contributed by atoms with Gasteiger partial charge in [0.25, 0.3) is 0 Å². The number of aliphatic carboxylic acids is 1. The molecule has 4 atom stereocenters.